The van der Waals surface area contributed by atoms with Gasteiger partial charge in [0.1, 0.15) is 17.4 Å². The molecule has 1 aromatic carbocycles. The summed E-state index contributed by atoms with van der Waals surface area (Å²) in [6.07, 6.45) is 0.962. The number of benzene rings is 1. The van der Waals surface area contributed by atoms with Crippen LogP contribution >= 0.6 is 0 Å². The predicted molar refractivity (Wildman–Crippen MR) is 60.8 cm³/mol. The molecule has 0 amide bonds. The number of hydrogen-bond donors (Lipinski definition) is 0. The molecule has 2 nitrogen and oxygen atoms in total. The molecular formula is C13H16F2O2. The maximum atomic E-state index is 13.3. The van der Waals surface area contributed by atoms with Crippen LogP contribution in [0.15, 0.2) is 18.2 Å². The van der Waals surface area contributed by atoms with Gasteiger partial charge in [0.2, 0.25) is 0 Å². The van der Waals surface area contributed by atoms with Crippen LogP contribution in [-0.4, -0.2) is 19.0 Å². The van der Waals surface area contributed by atoms with Gasteiger partial charge < -0.3 is 4.74 Å². The van der Waals surface area contributed by atoms with Crippen molar-refractivity contribution in [2.45, 2.75) is 32.3 Å². The van der Waals surface area contributed by atoms with Gasteiger partial charge in [0.25, 0.3) is 0 Å². The highest BCUT2D eigenvalue weighted by Crippen LogP contribution is 2.12. The van der Waals surface area contributed by atoms with Gasteiger partial charge in [-0.05, 0) is 25.0 Å². The van der Waals surface area contributed by atoms with Gasteiger partial charge in [-0.1, -0.05) is 6.07 Å². The monoisotopic (exact) mass is 242 g/mol. The molecular weight excluding hydrogens is 226 g/mol. The first-order valence-corrected chi connectivity index (χ1v) is 5.51. The molecule has 0 saturated heterocycles. The predicted octanol–water partition coefficient (Wildman–Crippen LogP) is 2.89. The molecule has 0 saturated carbocycles. The third kappa shape index (κ3) is 4.61. The second kappa shape index (κ2) is 6.45. The van der Waals surface area contributed by atoms with Crippen molar-refractivity contribution in [1.29, 1.82) is 0 Å². The molecule has 0 heterocycles. The largest absolute Gasteiger partial charge is 0.382 e. The number of methoxy groups -OCH3 is 1. The smallest absolute Gasteiger partial charge is 0.137 e. The molecule has 0 aliphatic heterocycles. The molecule has 0 aliphatic carbocycles. The first-order chi connectivity index (χ1) is 8.02. The van der Waals surface area contributed by atoms with Crippen molar-refractivity contribution < 1.29 is 18.3 Å². The summed E-state index contributed by atoms with van der Waals surface area (Å²) in [4.78, 5) is 11.6. The van der Waals surface area contributed by atoms with E-state index < -0.39 is 11.6 Å². The van der Waals surface area contributed by atoms with E-state index in [9.17, 15) is 13.6 Å². The Bertz CT molecular complexity index is 391. The second-order valence-electron chi connectivity index (χ2n) is 4.04. The Morgan fingerprint density at radius 3 is 2.71 bits per heavy atom. The summed E-state index contributed by atoms with van der Waals surface area (Å²) in [6.45, 7) is 1.87. The van der Waals surface area contributed by atoms with Crippen LogP contribution in [0.2, 0.25) is 0 Å². The summed E-state index contributed by atoms with van der Waals surface area (Å²) >= 11 is 0. The third-order valence-corrected chi connectivity index (χ3v) is 2.63. The summed E-state index contributed by atoms with van der Waals surface area (Å²) < 4.78 is 30.9. The lowest BCUT2D eigenvalue weighted by Gasteiger charge is -2.08. The Morgan fingerprint density at radius 2 is 2.12 bits per heavy atom. The molecule has 0 spiro atoms. The molecule has 0 N–H and O–H groups in total. The molecule has 0 aromatic heterocycles. The normalized spacial score (nSPS) is 12.5. The van der Waals surface area contributed by atoms with Crippen LogP contribution in [0.1, 0.15) is 25.3 Å². The summed E-state index contributed by atoms with van der Waals surface area (Å²) in [5.74, 6) is -1.37. The lowest BCUT2D eigenvalue weighted by molar-refractivity contribution is -0.119. The number of ketones is 1. The van der Waals surface area contributed by atoms with Gasteiger partial charge in [-0.25, -0.2) is 8.78 Å². The SMILES string of the molecule is COC(C)CCC(=O)Cc1ccc(F)cc1F. The number of carbonyl (C=O) groups is 1. The van der Waals surface area contributed by atoms with Gasteiger partial charge in [-0.15, -0.1) is 0 Å². The Kier molecular flexibility index (Phi) is 5.22. The second-order valence-corrected chi connectivity index (χ2v) is 4.04. The molecule has 1 unspecified atom stereocenters. The molecule has 17 heavy (non-hydrogen) atoms. The molecule has 0 aliphatic rings. The van der Waals surface area contributed by atoms with E-state index in [0.29, 0.717) is 12.8 Å². The van der Waals surface area contributed by atoms with E-state index in [2.05, 4.69) is 0 Å². The Balaban J connectivity index is 2.50. The Labute approximate surface area is 99.6 Å². The van der Waals surface area contributed by atoms with Gasteiger partial charge in [-0.2, -0.15) is 0 Å². The number of halogens is 2. The van der Waals surface area contributed by atoms with E-state index in [-0.39, 0.29) is 23.9 Å². The van der Waals surface area contributed by atoms with Gasteiger partial charge >= 0.3 is 0 Å². The first kappa shape index (κ1) is 13.8. The van der Waals surface area contributed by atoms with Crippen LogP contribution in [0.5, 0.6) is 0 Å². The minimum atomic E-state index is -0.668. The topological polar surface area (TPSA) is 26.3 Å². The average molecular weight is 242 g/mol. The van der Waals surface area contributed by atoms with Crippen LogP contribution in [0.3, 0.4) is 0 Å². The van der Waals surface area contributed by atoms with Crippen LogP contribution < -0.4 is 0 Å². The van der Waals surface area contributed by atoms with E-state index in [1.54, 1.807) is 7.11 Å². The molecule has 0 bridgehead atoms. The van der Waals surface area contributed by atoms with Crippen molar-refractivity contribution in [2.24, 2.45) is 0 Å². The number of Topliss-reactive ketones (excluding diaryl/α,β-unsaturated/α-hetero) is 1. The lowest BCUT2D eigenvalue weighted by atomic mass is 10.0. The number of ether oxygens (including phenoxy) is 1. The van der Waals surface area contributed by atoms with E-state index in [1.165, 1.54) is 6.07 Å². The average Bonchev–Trinajstić information content (AvgIpc) is 2.29. The third-order valence-electron chi connectivity index (χ3n) is 2.63. The zero-order valence-corrected chi connectivity index (χ0v) is 10.0. The fourth-order valence-electron chi connectivity index (χ4n) is 1.45. The summed E-state index contributed by atoms with van der Waals surface area (Å²) in [5.41, 5.74) is 0.237. The Morgan fingerprint density at radius 1 is 1.41 bits per heavy atom. The minimum Gasteiger partial charge on any atom is -0.382 e. The molecule has 0 radical (unpaired) electrons. The maximum Gasteiger partial charge on any atom is 0.137 e. The van der Waals surface area contributed by atoms with E-state index in [1.807, 2.05) is 6.92 Å². The van der Waals surface area contributed by atoms with Gasteiger partial charge in [0.15, 0.2) is 0 Å². The van der Waals surface area contributed by atoms with Crippen LogP contribution in [0.25, 0.3) is 0 Å². The molecule has 0 fully saturated rings. The highest BCUT2D eigenvalue weighted by molar-refractivity contribution is 5.80. The number of carbonyl (C=O) groups excluding carboxylic acids is 1. The van der Waals surface area contributed by atoms with Crippen molar-refractivity contribution in [2.75, 3.05) is 7.11 Å². The number of rotatable bonds is 6. The lowest BCUT2D eigenvalue weighted by Crippen LogP contribution is -2.10. The zero-order valence-electron chi connectivity index (χ0n) is 10.0. The number of hydrogen-bond acceptors (Lipinski definition) is 2. The van der Waals surface area contributed by atoms with E-state index >= 15 is 0 Å². The quantitative estimate of drug-likeness (QED) is 0.766. The molecule has 4 heteroatoms. The molecule has 1 aromatic rings. The van der Waals surface area contributed by atoms with E-state index in [4.69, 9.17) is 4.74 Å². The molecule has 1 rings (SSSR count). The van der Waals surface area contributed by atoms with Crippen LogP contribution in [-0.2, 0) is 16.0 Å². The van der Waals surface area contributed by atoms with Crippen LogP contribution in [0.4, 0.5) is 8.78 Å². The van der Waals surface area contributed by atoms with Crippen molar-refractivity contribution in [1.82, 2.24) is 0 Å². The van der Waals surface area contributed by atoms with Crippen molar-refractivity contribution in [3.8, 4) is 0 Å². The highest BCUT2D eigenvalue weighted by atomic mass is 19.1. The highest BCUT2D eigenvalue weighted by Gasteiger charge is 2.10. The minimum absolute atomic E-state index is 0.00253. The summed E-state index contributed by atoms with van der Waals surface area (Å²) in [5, 5.41) is 0. The summed E-state index contributed by atoms with van der Waals surface area (Å²) in [7, 11) is 1.58. The Hall–Kier alpha value is -1.29. The van der Waals surface area contributed by atoms with Gasteiger partial charge in [-0.3, -0.25) is 4.79 Å². The standard InChI is InChI=1S/C13H16F2O2/c1-9(17-2)3-6-12(16)7-10-4-5-11(14)8-13(10)15/h4-5,8-9H,3,6-7H2,1-2H3. The maximum absolute atomic E-state index is 13.3. The van der Waals surface area contributed by atoms with Crippen molar-refractivity contribution >= 4 is 5.78 Å². The van der Waals surface area contributed by atoms with Crippen molar-refractivity contribution in [3.63, 3.8) is 0 Å². The first-order valence-electron chi connectivity index (χ1n) is 5.51. The van der Waals surface area contributed by atoms with Gasteiger partial charge in [0, 0.05) is 26.0 Å². The zero-order chi connectivity index (χ0) is 12.8. The van der Waals surface area contributed by atoms with E-state index in [0.717, 1.165) is 12.1 Å². The molecule has 94 valence electrons. The summed E-state index contributed by atoms with van der Waals surface area (Å²) in [6, 6.07) is 3.26. The van der Waals surface area contributed by atoms with Crippen LogP contribution in [0, 0.1) is 11.6 Å². The van der Waals surface area contributed by atoms with Gasteiger partial charge in [0.05, 0.1) is 6.10 Å². The fraction of sp³-hybridized carbons (Fsp3) is 0.462. The molecule has 1 atom stereocenters. The fourth-order valence-corrected chi connectivity index (χ4v) is 1.45. The van der Waals surface area contributed by atoms with Crippen molar-refractivity contribution in [3.05, 3.63) is 35.4 Å².